The normalized spacial score (nSPS) is 14.1. The summed E-state index contributed by atoms with van der Waals surface area (Å²) in [6, 6.07) is 0. The van der Waals surface area contributed by atoms with Crippen LogP contribution >= 0.6 is 7.82 Å². The molecule has 9 nitrogen and oxygen atoms in total. The van der Waals surface area contributed by atoms with Crippen molar-refractivity contribution in [2.75, 3.05) is 47.5 Å². The summed E-state index contributed by atoms with van der Waals surface area (Å²) in [6.07, 6.45) is 82.5. The van der Waals surface area contributed by atoms with Gasteiger partial charge in [0.05, 0.1) is 27.7 Å². The van der Waals surface area contributed by atoms with Crippen LogP contribution in [0.25, 0.3) is 0 Å². The number of ether oxygens (including phenoxy) is 2. The van der Waals surface area contributed by atoms with Gasteiger partial charge in [-0.15, -0.1) is 0 Å². The van der Waals surface area contributed by atoms with Crippen molar-refractivity contribution in [3.63, 3.8) is 0 Å². The van der Waals surface area contributed by atoms with Gasteiger partial charge in [-0.05, 0) is 109 Å². The van der Waals surface area contributed by atoms with Crippen LogP contribution in [0.1, 0.15) is 245 Å². The SMILES string of the molecule is CC/C=C\C/C=C\C/C=C\C/C=C\C/C=C\C/C=C\C/C=C\CCCCCCCCCCCCCCCC(=O)OC(COC(=O)CCCCCCCC/C=C\C/C=C\C/C=C\CCCCC)COP(=O)([O-])OCC[N+](C)(C)C. The number of likely N-dealkylation sites (N-methyl/N-ethyl adjacent to an activating group) is 1. The Morgan fingerprint density at radius 3 is 1.09 bits per heavy atom. The van der Waals surface area contributed by atoms with E-state index in [4.69, 9.17) is 18.5 Å². The van der Waals surface area contributed by atoms with Gasteiger partial charge in [-0.25, -0.2) is 0 Å². The Labute approximate surface area is 479 Å². The van der Waals surface area contributed by atoms with Crippen molar-refractivity contribution >= 4 is 19.8 Å². The molecule has 0 N–H and O–H groups in total. The molecule has 0 aliphatic heterocycles. The van der Waals surface area contributed by atoms with Crippen molar-refractivity contribution in [1.29, 1.82) is 0 Å². The zero-order chi connectivity index (χ0) is 57.0. The third-order valence-corrected chi connectivity index (χ3v) is 13.9. The molecule has 0 fully saturated rings. The zero-order valence-electron chi connectivity index (χ0n) is 50.6. The second kappa shape index (κ2) is 58.1. The Morgan fingerprint density at radius 1 is 0.410 bits per heavy atom. The largest absolute Gasteiger partial charge is 0.756 e. The standard InChI is InChI=1S/C68H116NO8P/c1-6-8-10-12-14-16-18-20-22-24-26-27-28-29-30-31-32-33-34-35-36-37-38-39-40-41-43-45-47-49-51-53-55-57-59-61-68(71)77-66(65-76-78(72,73)75-63-62-69(3,4)5)64-74-67(70)60-58-56-54-52-50-48-46-44-42-25-23-21-19-17-15-13-11-9-7-2/h8,10,14-17,20-23,26-27,29-30,32-33,35-36,42,44,66H,6-7,9,11-13,18-19,24-25,28,31,34,37-41,43,45-65H2,1-5H3/b10-8-,16-14-,17-15-,22-20-,23-21-,27-26-,30-29-,33-32-,36-35-,44-42-. The van der Waals surface area contributed by atoms with Crippen LogP contribution in [0.5, 0.6) is 0 Å². The molecule has 0 aromatic heterocycles. The number of carbonyl (C=O) groups is 2. The number of hydrogen-bond acceptors (Lipinski definition) is 8. The molecular formula is C68H116NO8P. The Kier molecular flexibility index (Phi) is 55.4. The Hall–Kier alpha value is -3.59. The number of rotatable bonds is 56. The van der Waals surface area contributed by atoms with Crippen molar-refractivity contribution in [1.82, 2.24) is 0 Å². The molecule has 0 heterocycles. The van der Waals surface area contributed by atoms with Crippen LogP contribution in [0.3, 0.4) is 0 Å². The van der Waals surface area contributed by atoms with Crippen molar-refractivity contribution in [2.24, 2.45) is 0 Å². The van der Waals surface area contributed by atoms with Crippen molar-refractivity contribution < 1.29 is 42.1 Å². The summed E-state index contributed by atoms with van der Waals surface area (Å²) in [5.74, 6) is -0.853. The molecule has 446 valence electrons. The van der Waals surface area contributed by atoms with Crippen LogP contribution in [0.2, 0.25) is 0 Å². The monoisotopic (exact) mass is 1110 g/mol. The van der Waals surface area contributed by atoms with Crippen LogP contribution in [0.4, 0.5) is 0 Å². The number of phosphoric ester groups is 1. The zero-order valence-corrected chi connectivity index (χ0v) is 51.5. The smallest absolute Gasteiger partial charge is 0.306 e. The maximum absolute atomic E-state index is 12.8. The molecule has 0 aliphatic carbocycles. The summed E-state index contributed by atoms with van der Waals surface area (Å²) in [7, 11) is 1.15. The highest BCUT2D eigenvalue weighted by Crippen LogP contribution is 2.38. The van der Waals surface area contributed by atoms with Gasteiger partial charge < -0.3 is 27.9 Å². The molecule has 0 radical (unpaired) electrons. The molecule has 78 heavy (non-hydrogen) atoms. The highest BCUT2D eigenvalue weighted by Gasteiger charge is 2.22. The molecule has 0 saturated heterocycles. The molecule has 0 rings (SSSR count). The number of unbranched alkanes of at least 4 members (excludes halogenated alkanes) is 22. The predicted molar refractivity (Wildman–Crippen MR) is 332 cm³/mol. The van der Waals surface area contributed by atoms with Crippen LogP contribution < -0.4 is 4.89 Å². The average Bonchev–Trinajstić information content (AvgIpc) is 3.41. The fourth-order valence-corrected chi connectivity index (χ4v) is 8.90. The molecule has 0 aliphatic rings. The number of quaternary nitrogens is 1. The lowest BCUT2D eigenvalue weighted by molar-refractivity contribution is -0.870. The first-order valence-corrected chi connectivity index (χ1v) is 32.7. The first-order valence-electron chi connectivity index (χ1n) is 31.2. The van der Waals surface area contributed by atoms with Gasteiger partial charge in [-0.3, -0.25) is 14.2 Å². The maximum Gasteiger partial charge on any atom is 0.306 e. The molecule has 2 atom stereocenters. The van der Waals surface area contributed by atoms with Gasteiger partial charge in [-0.2, -0.15) is 0 Å². The predicted octanol–water partition coefficient (Wildman–Crippen LogP) is 19.3. The van der Waals surface area contributed by atoms with E-state index in [-0.39, 0.29) is 26.1 Å². The molecule has 0 aromatic carbocycles. The molecule has 0 saturated carbocycles. The fourth-order valence-electron chi connectivity index (χ4n) is 8.17. The first kappa shape index (κ1) is 74.4. The van der Waals surface area contributed by atoms with Gasteiger partial charge in [0, 0.05) is 12.8 Å². The third-order valence-electron chi connectivity index (χ3n) is 13.0. The minimum absolute atomic E-state index is 0.0386. The second-order valence-corrected chi connectivity index (χ2v) is 23.1. The topological polar surface area (TPSA) is 111 Å². The highest BCUT2D eigenvalue weighted by atomic mass is 31.2. The molecule has 0 bridgehead atoms. The molecule has 10 heteroatoms. The van der Waals surface area contributed by atoms with E-state index in [9.17, 15) is 19.0 Å². The number of hydrogen-bond donors (Lipinski definition) is 0. The van der Waals surface area contributed by atoms with Gasteiger partial charge in [-0.1, -0.05) is 245 Å². The first-order chi connectivity index (χ1) is 38.0. The van der Waals surface area contributed by atoms with E-state index in [2.05, 4.69) is 135 Å². The lowest BCUT2D eigenvalue weighted by atomic mass is 10.0. The minimum atomic E-state index is -4.65. The Bertz CT molecular complexity index is 1730. The van der Waals surface area contributed by atoms with E-state index in [1.165, 1.54) is 89.9 Å². The van der Waals surface area contributed by atoms with E-state index >= 15 is 0 Å². The van der Waals surface area contributed by atoms with Crippen molar-refractivity contribution in [2.45, 2.75) is 251 Å². The van der Waals surface area contributed by atoms with Crippen molar-refractivity contribution in [3.05, 3.63) is 122 Å². The van der Waals surface area contributed by atoms with Crippen LogP contribution in [-0.2, 0) is 32.7 Å². The summed E-state index contributed by atoms with van der Waals surface area (Å²) >= 11 is 0. The summed E-state index contributed by atoms with van der Waals surface area (Å²) in [6.45, 7) is 4.08. The number of phosphoric acid groups is 1. The van der Waals surface area contributed by atoms with E-state index in [1.807, 2.05) is 21.1 Å². The lowest BCUT2D eigenvalue weighted by Gasteiger charge is -2.28. The molecular weight excluding hydrogens is 990 g/mol. The summed E-state index contributed by atoms with van der Waals surface area (Å²) in [5, 5.41) is 0. The fraction of sp³-hybridized carbons (Fsp3) is 0.676. The van der Waals surface area contributed by atoms with Crippen LogP contribution in [0.15, 0.2) is 122 Å². The van der Waals surface area contributed by atoms with Gasteiger partial charge in [0.15, 0.2) is 6.10 Å². The third kappa shape index (κ3) is 61.6. The maximum atomic E-state index is 12.8. The average molecular weight is 1110 g/mol. The minimum Gasteiger partial charge on any atom is -0.756 e. The number of esters is 2. The van der Waals surface area contributed by atoms with E-state index in [0.717, 1.165) is 116 Å². The molecule has 0 aromatic rings. The Balaban J connectivity index is 4.12. The summed E-state index contributed by atoms with van der Waals surface area (Å²) in [4.78, 5) is 37.9. The summed E-state index contributed by atoms with van der Waals surface area (Å²) in [5.41, 5.74) is 0. The molecule has 2 unspecified atom stereocenters. The molecule has 0 spiro atoms. The highest BCUT2D eigenvalue weighted by molar-refractivity contribution is 7.45. The van der Waals surface area contributed by atoms with Gasteiger partial charge in [0.25, 0.3) is 7.82 Å². The number of carbonyl (C=O) groups excluding carboxylic acids is 2. The molecule has 0 amide bonds. The van der Waals surface area contributed by atoms with E-state index < -0.39 is 32.5 Å². The quantitative estimate of drug-likeness (QED) is 0.0195. The van der Waals surface area contributed by atoms with Crippen LogP contribution in [0, 0.1) is 0 Å². The van der Waals surface area contributed by atoms with Crippen molar-refractivity contribution in [3.8, 4) is 0 Å². The second-order valence-electron chi connectivity index (χ2n) is 21.7. The lowest BCUT2D eigenvalue weighted by Crippen LogP contribution is -2.37. The van der Waals surface area contributed by atoms with Crippen LogP contribution in [-0.4, -0.2) is 70.0 Å². The van der Waals surface area contributed by atoms with E-state index in [1.54, 1.807) is 0 Å². The summed E-state index contributed by atoms with van der Waals surface area (Å²) < 4.78 is 34.2. The number of nitrogens with zero attached hydrogens (tertiary/aromatic N) is 1. The van der Waals surface area contributed by atoms with Gasteiger partial charge in [0.2, 0.25) is 0 Å². The Morgan fingerprint density at radius 2 is 0.731 bits per heavy atom. The van der Waals surface area contributed by atoms with Gasteiger partial charge >= 0.3 is 11.9 Å². The number of allylic oxidation sites excluding steroid dienone is 20. The van der Waals surface area contributed by atoms with E-state index in [0.29, 0.717) is 23.9 Å². The van der Waals surface area contributed by atoms with Gasteiger partial charge in [0.1, 0.15) is 19.8 Å².